The molecule has 0 atom stereocenters. The third-order valence-electron chi connectivity index (χ3n) is 3.19. The molecule has 1 aromatic rings. The zero-order valence-corrected chi connectivity index (χ0v) is 11.5. The number of phenols is 1. The number of carbonyl (C=O) groups is 2. The first-order valence-electron chi connectivity index (χ1n) is 5.95. The molecule has 0 spiro atoms. The Bertz CT molecular complexity index is 585. The summed E-state index contributed by atoms with van der Waals surface area (Å²) < 4.78 is 53.2. The number of aromatic hydroxyl groups is 1. The van der Waals surface area contributed by atoms with Gasteiger partial charge in [-0.2, -0.15) is 8.78 Å². The fraction of sp³-hybridized carbons (Fsp3) is 0.385. The number of nitrogens with one attached hydrogen (secondary N) is 1. The standard InChI is InChI=1S/C13H13F4NO3/c1-4-13(2,3)12(21)18-11(20)5-6(14)8(16)10(19)9(17)7(5)15/h19H,4H2,1-3H3,(H,18,20,21). The second kappa shape index (κ2) is 5.71. The average Bonchev–Trinajstić information content (AvgIpc) is 2.43. The van der Waals surface area contributed by atoms with Crippen LogP contribution in [0, 0.1) is 28.7 Å². The van der Waals surface area contributed by atoms with Crippen molar-refractivity contribution in [2.45, 2.75) is 27.2 Å². The maximum atomic E-state index is 13.5. The van der Waals surface area contributed by atoms with Crippen molar-refractivity contribution in [1.29, 1.82) is 0 Å². The molecule has 116 valence electrons. The van der Waals surface area contributed by atoms with E-state index >= 15 is 0 Å². The van der Waals surface area contributed by atoms with Crippen LogP contribution in [0.4, 0.5) is 17.6 Å². The number of rotatable bonds is 3. The second-order valence-electron chi connectivity index (χ2n) is 5.00. The third kappa shape index (κ3) is 2.98. The third-order valence-corrected chi connectivity index (χ3v) is 3.19. The van der Waals surface area contributed by atoms with Crippen LogP contribution in [0.15, 0.2) is 0 Å². The molecular weight excluding hydrogens is 294 g/mol. The van der Waals surface area contributed by atoms with E-state index in [0.717, 1.165) is 0 Å². The van der Waals surface area contributed by atoms with Gasteiger partial charge in [0.15, 0.2) is 17.4 Å². The van der Waals surface area contributed by atoms with Crippen molar-refractivity contribution in [2.75, 3.05) is 0 Å². The summed E-state index contributed by atoms with van der Waals surface area (Å²) in [6.07, 6.45) is 0.315. The summed E-state index contributed by atoms with van der Waals surface area (Å²) >= 11 is 0. The predicted molar refractivity (Wildman–Crippen MR) is 64.5 cm³/mol. The van der Waals surface area contributed by atoms with E-state index in [4.69, 9.17) is 5.11 Å². The number of amides is 2. The van der Waals surface area contributed by atoms with Gasteiger partial charge in [-0.3, -0.25) is 14.9 Å². The van der Waals surface area contributed by atoms with E-state index in [9.17, 15) is 27.2 Å². The molecule has 2 N–H and O–H groups in total. The summed E-state index contributed by atoms with van der Waals surface area (Å²) in [6, 6.07) is 0. The van der Waals surface area contributed by atoms with E-state index < -0.39 is 51.8 Å². The molecule has 0 radical (unpaired) electrons. The summed E-state index contributed by atoms with van der Waals surface area (Å²) in [4.78, 5) is 23.4. The largest absolute Gasteiger partial charge is 0.503 e. The van der Waals surface area contributed by atoms with Gasteiger partial charge in [0.1, 0.15) is 5.56 Å². The number of phenolic OH excluding ortho intramolecular Hbond substituents is 1. The van der Waals surface area contributed by atoms with Crippen molar-refractivity contribution in [2.24, 2.45) is 5.41 Å². The van der Waals surface area contributed by atoms with Crippen molar-refractivity contribution in [3.8, 4) is 5.75 Å². The van der Waals surface area contributed by atoms with E-state index in [1.807, 2.05) is 0 Å². The molecule has 0 aliphatic carbocycles. The lowest BCUT2D eigenvalue weighted by Gasteiger charge is -2.21. The van der Waals surface area contributed by atoms with Gasteiger partial charge in [0.25, 0.3) is 5.91 Å². The Labute approximate surface area is 117 Å². The lowest BCUT2D eigenvalue weighted by atomic mass is 9.89. The molecule has 0 saturated carbocycles. The number of hydrogen-bond donors (Lipinski definition) is 2. The fourth-order valence-electron chi connectivity index (χ4n) is 1.31. The number of benzene rings is 1. The van der Waals surface area contributed by atoms with Crippen LogP contribution in [0.25, 0.3) is 0 Å². The number of hydrogen-bond acceptors (Lipinski definition) is 3. The Balaban J connectivity index is 3.24. The highest BCUT2D eigenvalue weighted by Crippen LogP contribution is 2.29. The minimum Gasteiger partial charge on any atom is -0.503 e. The zero-order chi connectivity index (χ0) is 16.5. The van der Waals surface area contributed by atoms with Gasteiger partial charge in [-0.05, 0) is 6.42 Å². The van der Waals surface area contributed by atoms with Crippen LogP contribution in [0.5, 0.6) is 5.75 Å². The summed E-state index contributed by atoms with van der Waals surface area (Å²) in [7, 11) is 0. The van der Waals surface area contributed by atoms with Crippen molar-refractivity contribution in [3.05, 3.63) is 28.8 Å². The van der Waals surface area contributed by atoms with Gasteiger partial charge < -0.3 is 5.11 Å². The van der Waals surface area contributed by atoms with E-state index in [2.05, 4.69) is 0 Å². The van der Waals surface area contributed by atoms with Crippen LogP contribution in [0.1, 0.15) is 37.6 Å². The quantitative estimate of drug-likeness (QED) is 0.666. The van der Waals surface area contributed by atoms with E-state index in [1.54, 1.807) is 12.2 Å². The lowest BCUT2D eigenvalue weighted by molar-refractivity contribution is -0.128. The summed E-state index contributed by atoms with van der Waals surface area (Å²) in [6.45, 7) is 4.59. The van der Waals surface area contributed by atoms with Gasteiger partial charge in [0, 0.05) is 5.41 Å². The van der Waals surface area contributed by atoms with E-state index in [-0.39, 0.29) is 0 Å². The van der Waals surface area contributed by atoms with Gasteiger partial charge >= 0.3 is 0 Å². The maximum absolute atomic E-state index is 13.5. The second-order valence-corrected chi connectivity index (χ2v) is 5.00. The Morgan fingerprint density at radius 3 is 1.86 bits per heavy atom. The average molecular weight is 307 g/mol. The van der Waals surface area contributed by atoms with Crippen LogP contribution in [-0.2, 0) is 4.79 Å². The Morgan fingerprint density at radius 1 is 1.05 bits per heavy atom. The Hall–Kier alpha value is -2.12. The van der Waals surface area contributed by atoms with Crippen LogP contribution >= 0.6 is 0 Å². The zero-order valence-electron chi connectivity index (χ0n) is 11.5. The molecule has 0 aliphatic rings. The summed E-state index contributed by atoms with van der Waals surface area (Å²) in [5, 5.41) is 10.5. The van der Waals surface area contributed by atoms with Crippen LogP contribution < -0.4 is 5.32 Å². The van der Waals surface area contributed by atoms with Crippen LogP contribution in [-0.4, -0.2) is 16.9 Å². The molecule has 8 heteroatoms. The number of halogens is 4. The van der Waals surface area contributed by atoms with Gasteiger partial charge in [-0.25, -0.2) is 8.78 Å². The first-order valence-corrected chi connectivity index (χ1v) is 5.95. The van der Waals surface area contributed by atoms with Gasteiger partial charge in [0.05, 0.1) is 0 Å². The topological polar surface area (TPSA) is 66.4 Å². The van der Waals surface area contributed by atoms with Crippen molar-refractivity contribution < 1.29 is 32.3 Å². The van der Waals surface area contributed by atoms with Crippen LogP contribution in [0.3, 0.4) is 0 Å². The molecule has 1 aromatic carbocycles. The molecule has 2 amide bonds. The Kier molecular flexibility index (Phi) is 4.60. The van der Waals surface area contributed by atoms with Crippen molar-refractivity contribution in [1.82, 2.24) is 5.32 Å². The van der Waals surface area contributed by atoms with E-state index in [1.165, 1.54) is 13.8 Å². The number of imide groups is 1. The predicted octanol–water partition coefficient (Wildman–Crippen LogP) is 2.64. The smallest absolute Gasteiger partial charge is 0.264 e. The minimum atomic E-state index is -2.11. The first-order chi connectivity index (χ1) is 9.54. The molecule has 0 aromatic heterocycles. The van der Waals surface area contributed by atoms with Gasteiger partial charge in [0.2, 0.25) is 17.5 Å². The summed E-state index contributed by atoms with van der Waals surface area (Å²) in [5.74, 6) is -12.7. The SMILES string of the molecule is CCC(C)(C)C(=O)NC(=O)c1c(F)c(F)c(O)c(F)c1F. The first kappa shape index (κ1) is 16.9. The highest BCUT2D eigenvalue weighted by Gasteiger charge is 2.33. The van der Waals surface area contributed by atoms with Crippen LogP contribution in [0.2, 0.25) is 0 Å². The molecule has 0 aliphatic heterocycles. The number of carbonyl (C=O) groups excluding carboxylic acids is 2. The highest BCUT2D eigenvalue weighted by atomic mass is 19.2. The monoisotopic (exact) mass is 307 g/mol. The van der Waals surface area contributed by atoms with E-state index in [0.29, 0.717) is 6.42 Å². The lowest BCUT2D eigenvalue weighted by Crippen LogP contribution is -2.41. The maximum Gasteiger partial charge on any atom is 0.264 e. The molecule has 0 fully saturated rings. The molecule has 0 heterocycles. The minimum absolute atomic E-state index is 0.315. The molecule has 0 saturated heterocycles. The highest BCUT2D eigenvalue weighted by molar-refractivity contribution is 6.06. The fourth-order valence-corrected chi connectivity index (χ4v) is 1.31. The molecule has 1 rings (SSSR count). The molecule has 0 bridgehead atoms. The van der Waals surface area contributed by atoms with Gasteiger partial charge in [-0.1, -0.05) is 20.8 Å². The van der Waals surface area contributed by atoms with Crippen molar-refractivity contribution >= 4 is 11.8 Å². The van der Waals surface area contributed by atoms with Crippen molar-refractivity contribution in [3.63, 3.8) is 0 Å². The molecular formula is C13H13F4NO3. The molecule has 4 nitrogen and oxygen atoms in total. The normalized spacial score (nSPS) is 11.4. The van der Waals surface area contributed by atoms with Gasteiger partial charge in [-0.15, -0.1) is 0 Å². The summed E-state index contributed by atoms with van der Waals surface area (Å²) in [5.41, 5.74) is -2.63. The molecule has 0 unspecified atom stereocenters. The molecule has 21 heavy (non-hydrogen) atoms. The Morgan fingerprint density at radius 2 is 1.48 bits per heavy atom.